The van der Waals surface area contributed by atoms with Gasteiger partial charge in [0.25, 0.3) is 0 Å². The number of hydrogen-bond acceptors (Lipinski definition) is 2. The number of rotatable bonds is 3. The van der Waals surface area contributed by atoms with Gasteiger partial charge in [0.1, 0.15) is 0 Å². The molecule has 0 saturated heterocycles. The largest absolute Gasteiger partial charge is 0.366 e. The van der Waals surface area contributed by atoms with Crippen molar-refractivity contribution in [2.45, 2.75) is 6.92 Å². The Morgan fingerprint density at radius 3 is 2.69 bits per heavy atom. The third-order valence-electron chi connectivity index (χ3n) is 2.33. The van der Waals surface area contributed by atoms with Gasteiger partial charge in [0.15, 0.2) is 0 Å². The van der Waals surface area contributed by atoms with Crippen LogP contribution in [0, 0.1) is 0 Å². The predicted molar refractivity (Wildman–Crippen MR) is 68.7 cm³/mol. The molecule has 0 aliphatic heterocycles. The van der Waals surface area contributed by atoms with Crippen molar-refractivity contribution < 1.29 is 4.79 Å². The summed E-state index contributed by atoms with van der Waals surface area (Å²) in [6.07, 6.45) is 3.64. The fourth-order valence-electron chi connectivity index (χ4n) is 1.60. The lowest BCUT2D eigenvalue weighted by Gasteiger charge is -2.01. The van der Waals surface area contributed by atoms with Crippen LogP contribution >= 0.6 is 11.8 Å². The van der Waals surface area contributed by atoms with Crippen LogP contribution in [0.3, 0.4) is 0 Å². The molecule has 0 aliphatic rings. The number of hydrogen-bond donors (Lipinski definition) is 1. The highest BCUT2D eigenvalue weighted by atomic mass is 32.2. The summed E-state index contributed by atoms with van der Waals surface area (Å²) in [4.78, 5) is 14.8. The third kappa shape index (κ3) is 2.19. The van der Waals surface area contributed by atoms with Gasteiger partial charge in [-0.1, -0.05) is 49.0 Å². The molecule has 2 nitrogen and oxygen atoms in total. The Hall–Kier alpha value is -1.48. The van der Waals surface area contributed by atoms with E-state index in [0.29, 0.717) is 0 Å². The molecule has 0 unspecified atom stereocenters. The van der Waals surface area contributed by atoms with Gasteiger partial charge >= 0.3 is 0 Å². The summed E-state index contributed by atoms with van der Waals surface area (Å²) in [7, 11) is 0. The van der Waals surface area contributed by atoms with Crippen molar-refractivity contribution >= 4 is 16.9 Å². The van der Waals surface area contributed by atoms with Crippen LogP contribution in [0.15, 0.2) is 42.7 Å². The molecule has 3 heteroatoms. The zero-order valence-electron chi connectivity index (χ0n) is 9.07. The summed E-state index contributed by atoms with van der Waals surface area (Å²) >= 11 is 1.34. The van der Waals surface area contributed by atoms with Crippen LogP contribution in [-0.4, -0.2) is 15.9 Å². The summed E-state index contributed by atoms with van der Waals surface area (Å²) in [5.74, 6) is 0.804. The molecule has 0 atom stereocenters. The smallest absolute Gasteiger partial charge is 0.221 e. The van der Waals surface area contributed by atoms with Crippen LogP contribution in [0.5, 0.6) is 0 Å². The topological polar surface area (TPSA) is 32.9 Å². The van der Waals surface area contributed by atoms with E-state index in [1.165, 1.54) is 11.8 Å². The van der Waals surface area contributed by atoms with Crippen LogP contribution < -0.4 is 0 Å². The number of carbonyl (C=O) groups is 1. The van der Waals surface area contributed by atoms with Gasteiger partial charge in [-0.25, -0.2) is 0 Å². The minimum absolute atomic E-state index is 0.127. The van der Waals surface area contributed by atoms with E-state index in [4.69, 9.17) is 0 Å². The Bertz CT molecular complexity index is 476. The Morgan fingerprint density at radius 1 is 1.25 bits per heavy atom. The van der Waals surface area contributed by atoms with Crippen molar-refractivity contribution in [1.82, 2.24) is 4.98 Å². The molecule has 16 heavy (non-hydrogen) atoms. The van der Waals surface area contributed by atoms with E-state index in [0.717, 1.165) is 22.4 Å². The number of aromatic amines is 1. The summed E-state index contributed by atoms with van der Waals surface area (Å²) in [6, 6.07) is 9.94. The highest BCUT2D eigenvalue weighted by Gasteiger charge is 2.13. The van der Waals surface area contributed by atoms with Crippen LogP contribution in [0.25, 0.3) is 11.1 Å². The summed E-state index contributed by atoms with van der Waals surface area (Å²) in [5.41, 5.74) is 2.81. The van der Waals surface area contributed by atoms with Gasteiger partial charge in [-0.15, -0.1) is 0 Å². The highest BCUT2D eigenvalue weighted by Crippen LogP contribution is 2.26. The number of nitrogens with one attached hydrogen (secondary N) is 1. The van der Waals surface area contributed by atoms with E-state index in [1.807, 2.05) is 43.5 Å². The lowest BCUT2D eigenvalue weighted by atomic mass is 10.1. The van der Waals surface area contributed by atoms with Gasteiger partial charge in [0, 0.05) is 18.0 Å². The van der Waals surface area contributed by atoms with E-state index < -0.39 is 0 Å². The van der Waals surface area contributed by atoms with Crippen molar-refractivity contribution in [2.75, 3.05) is 5.75 Å². The molecule has 0 saturated carbocycles. The SMILES string of the molecule is CCSC(=O)c1c[nH]cc1-c1ccccc1. The molecule has 1 heterocycles. The summed E-state index contributed by atoms with van der Waals surface area (Å²) < 4.78 is 0. The molecule has 2 rings (SSSR count). The van der Waals surface area contributed by atoms with Crippen LogP contribution in [0.2, 0.25) is 0 Å². The fourth-order valence-corrected chi connectivity index (χ4v) is 2.18. The minimum Gasteiger partial charge on any atom is -0.366 e. The van der Waals surface area contributed by atoms with Crippen LogP contribution in [0.4, 0.5) is 0 Å². The fraction of sp³-hybridized carbons (Fsp3) is 0.154. The van der Waals surface area contributed by atoms with Gasteiger partial charge in [-0.3, -0.25) is 4.79 Å². The van der Waals surface area contributed by atoms with E-state index in [-0.39, 0.29) is 5.12 Å². The van der Waals surface area contributed by atoms with Gasteiger partial charge in [-0.05, 0) is 11.3 Å². The van der Waals surface area contributed by atoms with E-state index >= 15 is 0 Å². The number of H-pyrrole nitrogens is 1. The maximum atomic E-state index is 11.8. The Labute approximate surface area is 99.1 Å². The first kappa shape index (κ1) is 11.0. The molecule has 0 aliphatic carbocycles. The van der Waals surface area contributed by atoms with Crippen molar-refractivity contribution in [3.8, 4) is 11.1 Å². The molecule has 82 valence electrons. The second-order valence-electron chi connectivity index (χ2n) is 3.37. The first-order valence-corrected chi connectivity index (χ1v) is 6.21. The number of thioether (sulfide) groups is 1. The number of carbonyl (C=O) groups excluding carboxylic acids is 1. The predicted octanol–water partition coefficient (Wildman–Crippen LogP) is 3.58. The molecule has 2 aromatic rings. The zero-order valence-corrected chi connectivity index (χ0v) is 9.88. The third-order valence-corrected chi connectivity index (χ3v) is 3.10. The zero-order chi connectivity index (χ0) is 11.4. The monoisotopic (exact) mass is 231 g/mol. The van der Waals surface area contributed by atoms with Gasteiger partial charge in [0.2, 0.25) is 5.12 Å². The molecule has 0 bridgehead atoms. The first-order chi connectivity index (χ1) is 7.83. The standard InChI is InChI=1S/C13H13NOS/c1-2-16-13(15)12-9-14-8-11(12)10-6-4-3-5-7-10/h3-9,14H,2H2,1H3. The highest BCUT2D eigenvalue weighted by molar-refractivity contribution is 8.14. The van der Waals surface area contributed by atoms with E-state index in [2.05, 4.69) is 4.98 Å². The van der Waals surface area contributed by atoms with Crippen molar-refractivity contribution in [3.05, 3.63) is 48.3 Å². The average molecular weight is 231 g/mol. The molecule has 1 aromatic carbocycles. The lowest BCUT2D eigenvalue weighted by Crippen LogP contribution is -1.93. The number of benzene rings is 1. The van der Waals surface area contributed by atoms with E-state index in [9.17, 15) is 4.79 Å². The van der Waals surface area contributed by atoms with Crippen molar-refractivity contribution in [1.29, 1.82) is 0 Å². The number of aromatic nitrogens is 1. The molecule has 0 spiro atoms. The van der Waals surface area contributed by atoms with Gasteiger partial charge in [0.05, 0.1) is 5.56 Å². The summed E-state index contributed by atoms with van der Waals surface area (Å²) in [6.45, 7) is 1.98. The van der Waals surface area contributed by atoms with Crippen LogP contribution in [0.1, 0.15) is 17.3 Å². The van der Waals surface area contributed by atoms with Crippen LogP contribution in [-0.2, 0) is 0 Å². The van der Waals surface area contributed by atoms with E-state index in [1.54, 1.807) is 6.20 Å². The summed E-state index contributed by atoms with van der Waals surface area (Å²) in [5, 5.41) is 0.127. The molecule has 1 N–H and O–H groups in total. The Balaban J connectivity index is 2.37. The average Bonchev–Trinajstić information content (AvgIpc) is 2.79. The molecule has 1 aromatic heterocycles. The minimum atomic E-state index is 0.127. The van der Waals surface area contributed by atoms with Gasteiger partial charge in [-0.2, -0.15) is 0 Å². The second-order valence-corrected chi connectivity index (χ2v) is 4.61. The van der Waals surface area contributed by atoms with Crippen molar-refractivity contribution in [2.24, 2.45) is 0 Å². The second kappa shape index (κ2) is 5.03. The maximum Gasteiger partial charge on any atom is 0.221 e. The Morgan fingerprint density at radius 2 is 2.00 bits per heavy atom. The molecular formula is C13H13NOS. The lowest BCUT2D eigenvalue weighted by molar-refractivity contribution is 0.109. The molecule has 0 fully saturated rings. The molecule has 0 amide bonds. The van der Waals surface area contributed by atoms with Gasteiger partial charge < -0.3 is 4.98 Å². The maximum absolute atomic E-state index is 11.8. The normalized spacial score (nSPS) is 10.3. The first-order valence-electron chi connectivity index (χ1n) is 5.22. The Kier molecular flexibility index (Phi) is 3.47. The molecule has 0 radical (unpaired) electrons. The molecular weight excluding hydrogens is 218 g/mol. The quantitative estimate of drug-likeness (QED) is 0.875. The van der Waals surface area contributed by atoms with Crippen molar-refractivity contribution in [3.63, 3.8) is 0 Å².